The maximum Gasteiger partial charge on any atom is 0.335 e. The number of aromatic nitrogens is 1. The molecule has 0 aliphatic heterocycles. The maximum absolute atomic E-state index is 10.7. The summed E-state index contributed by atoms with van der Waals surface area (Å²) in [5, 5.41) is 18.6. The summed E-state index contributed by atoms with van der Waals surface area (Å²) in [4.78, 5) is 14.8. The van der Waals surface area contributed by atoms with Gasteiger partial charge >= 0.3 is 5.97 Å². The molecule has 2 N–H and O–H groups in total. The summed E-state index contributed by atoms with van der Waals surface area (Å²) in [6.45, 7) is 1.90. The van der Waals surface area contributed by atoms with Gasteiger partial charge in [-0.1, -0.05) is 0 Å². The molecule has 4 heteroatoms. The van der Waals surface area contributed by atoms with E-state index in [2.05, 4.69) is 4.98 Å². The van der Waals surface area contributed by atoms with Crippen LogP contribution in [0, 0.1) is 6.92 Å². The van der Waals surface area contributed by atoms with Crippen LogP contribution in [-0.2, 0) is 0 Å². The van der Waals surface area contributed by atoms with Gasteiger partial charge in [0.05, 0.1) is 5.56 Å². The molecule has 0 amide bonds. The summed E-state index contributed by atoms with van der Waals surface area (Å²) in [6, 6.07) is 6.15. The Balaban J connectivity index is 2.50. The molecule has 1 aromatic heterocycles. The van der Waals surface area contributed by atoms with E-state index >= 15 is 0 Å². The molecule has 1 heterocycles. The van der Waals surface area contributed by atoms with Gasteiger partial charge < -0.3 is 10.2 Å². The normalized spacial score (nSPS) is 10.2. The van der Waals surface area contributed by atoms with Crippen molar-refractivity contribution < 1.29 is 15.0 Å². The molecule has 0 bridgehead atoms. The zero-order valence-electron chi connectivity index (χ0n) is 9.21. The molecular weight excluding hydrogens is 218 g/mol. The van der Waals surface area contributed by atoms with Gasteiger partial charge in [-0.15, -0.1) is 0 Å². The van der Waals surface area contributed by atoms with Gasteiger partial charge in [0.15, 0.2) is 0 Å². The molecule has 0 aliphatic carbocycles. The minimum atomic E-state index is -1.06. The van der Waals surface area contributed by atoms with Crippen molar-refractivity contribution in [2.45, 2.75) is 6.92 Å². The SMILES string of the molecule is Cc1cncc(-c2ccc(C(=O)O)cc2O)c1. The number of hydrogen-bond acceptors (Lipinski definition) is 3. The molecule has 0 spiro atoms. The Hall–Kier alpha value is -2.36. The van der Waals surface area contributed by atoms with Gasteiger partial charge in [0.2, 0.25) is 0 Å². The van der Waals surface area contributed by atoms with E-state index in [4.69, 9.17) is 5.11 Å². The topological polar surface area (TPSA) is 70.4 Å². The Morgan fingerprint density at radius 1 is 1.24 bits per heavy atom. The fourth-order valence-electron chi connectivity index (χ4n) is 1.61. The minimum Gasteiger partial charge on any atom is -0.507 e. The molecule has 0 unspecified atom stereocenters. The summed E-state index contributed by atoms with van der Waals surface area (Å²) >= 11 is 0. The van der Waals surface area contributed by atoms with Gasteiger partial charge in [-0.05, 0) is 36.8 Å². The molecule has 4 nitrogen and oxygen atoms in total. The summed E-state index contributed by atoms with van der Waals surface area (Å²) in [5.74, 6) is -1.12. The zero-order valence-corrected chi connectivity index (χ0v) is 9.21. The first-order valence-electron chi connectivity index (χ1n) is 5.06. The van der Waals surface area contributed by atoms with Crippen LogP contribution in [0.2, 0.25) is 0 Å². The number of carboxylic acids is 1. The van der Waals surface area contributed by atoms with Crippen LogP contribution >= 0.6 is 0 Å². The molecule has 0 saturated carbocycles. The van der Waals surface area contributed by atoms with Gasteiger partial charge in [-0.2, -0.15) is 0 Å². The van der Waals surface area contributed by atoms with Gasteiger partial charge in [-0.25, -0.2) is 4.79 Å². The first-order chi connectivity index (χ1) is 8.08. The summed E-state index contributed by atoms with van der Waals surface area (Å²) in [6.07, 6.45) is 3.34. The lowest BCUT2D eigenvalue weighted by atomic mass is 10.0. The number of benzene rings is 1. The molecule has 0 radical (unpaired) electrons. The van der Waals surface area contributed by atoms with Crippen molar-refractivity contribution in [1.82, 2.24) is 4.98 Å². The summed E-state index contributed by atoms with van der Waals surface area (Å²) in [7, 11) is 0. The number of rotatable bonds is 2. The highest BCUT2D eigenvalue weighted by Crippen LogP contribution is 2.29. The van der Waals surface area contributed by atoms with E-state index in [-0.39, 0.29) is 11.3 Å². The fourth-order valence-corrected chi connectivity index (χ4v) is 1.61. The van der Waals surface area contributed by atoms with Crippen molar-refractivity contribution in [3.8, 4) is 16.9 Å². The Morgan fingerprint density at radius 3 is 2.59 bits per heavy atom. The lowest BCUT2D eigenvalue weighted by molar-refractivity contribution is 0.0696. The third-order valence-electron chi connectivity index (χ3n) is 2.43. The van der Waals surface area contributed by atoms with Gasteiger partial charge in [-0.3, -0.25) is 4.98 Å². The van der Waals surface area contributed by atoms with E-state index < -0.39 is 5.97 Å². The highest BCUT2D eigenvalue weighted by molar-refractivity contribution is 5.89. The Kier molecular flexibility index (Phi) is 2.78. The Bertz CT molecular complexity index is 579. The second-order valence-electron chi connectivity index (χ2n) is 3.79. The third-order valence-corrected chi connectivity index (χ3v) is 2.43. The van der Waals surface area contributed by atoms with Crippen LogP contribution < -0.4 is 0 Å². The Morgan fingerprint density at radius 2 is 2.00 bits per heavy atom. The van der Waals surface area contributed by atoms with E-state index in [1.165, 1.54) is 12.1 Å². The molecule has 0 fully saturated rings. The standard InChI is InChI=1S/C13H11NO3/c1-8-4-10(7-14-6-8)11-3-2-9(13(16)17)5-12(11)15/h2-7,15H,1H3,(H,16,17). The molecular formula is C13H11NO3. The van der Waals surface area contributed by atoms with E-state index in [9.17, 15) is 9.90 Å². The number of aromatic hydroxyl groups is 1. The molecule has 0 aliphatic rings. The average molecular weight is 229 g/mol. The number of phenolic OH excluding ortho intramolecular Hbond substituents is 1. The van der Waals surface area contributed by atoms with Crippen molar-refractivity contribution in [2.75, 3.05) is 0 Å². The van der Waals surface area contributed by atoms with Crippen LogP contribution in [-0.4, -0.2) is 21.2 Å². The van der Waals surface area contributed by atoms with E-state index in [1.54, 1.807) is 18.5 Å². The molecule has 0 atom stereocenters. The first-order valence-corrected chi connectivity index (χ1v) is 5.06. The van der Waals surface area contributed by atoms with Crippen LogP contribution in [0.3, 0.4) is 0 Å². The van der Waals surface area contributed by atoms with Crippen molar-refractivity contribution in [3.05, 3.63) is 47.8 Å². The first kappa shape index (κ1) is 11.1. The predicted molar refractivity (Wildman–Crippen MR) is 63.0 cm³/mol. The third kappa shape index (κ3) is 2.25. The van der Waals surface area contributed by atoms with Crippen molar-refractivity contribution in [3.63, 3.8) is 0 Å². The second-order valence-corrected chi connectivity index (χ2v) is 3.79. The Labute approximate surface area is 98.2 Å². The number of nitrogens with zero attached hydrogens (tertiary/aromatic N) is 1. The molecule has 17 heavy (non-hydrogen) atoms. The van der Waals surface area contributed by atoms with E-state index in [0.717, 1.165) is 11.1 Å². The lowest BCUT2D eigenvalue weighted by Crippen LogP contribution is -1.95. The number of hydrogen-bond donors (Lipinski definition) is 2. The smallest absolute Gasteiger partial charge is 0.335 e. The number of aromatic carboxylic acids is 1. The van der Waals surface area contributed by atoms with Gasteiger partial charge in [0, 0.05) is 23.5 Å². The quantitative estimate of drug-likeness (QED) is 0.829. The number of phenols is 1. The summed E-state index contributed by atoms with van der Waals surface area (Å²) in [5.41, 5.74) is 2.38. The highest BCUT2D eigenvalue weighted by Gasteiger charge is 2.09. The van der Waals surface area contributed by atoms with Gasteiger partial charge in [0.1, 0.15) is 5.75 Å². The zero-order chi connectivity index (χ0) is 12.4. The molecule has 1 aromatic carbocycles. The van der Waals surface area contributed by atoms with Crippen LogP contribution in [0.25, 0.3) is 11.1 Å². The second kappa shape index (κ2) is 4.25. The maximum atomic E-state index is 10.7. The monoisotopic (exact) mass is 229 g/mol. The number of pyridine rings is 1. The largest absolute Gasteiger partial charge is 0.507 e. The fraction of sp³-hybridized carbons (Fsp3) is 0.0769. The van der Waals surface area contributed by atoms with Crippen molar-refractivity contribution in [2.24, 2.45) is 0 Å². The van der Waals surface area contributed by atoms with Crippen molar-refractivity contribution in [1.29, 1.82) is 0 Å². The summed E-state index contributed by atoms with van der Waals surface area (Å²) < 4.78 is 0. The molecule has 0 saturated heterocycles. The van der Waals surface area contributed by atoms with Crippen LogP contribution in [0.4, 0.5) is 0 Å². The van der Waals surface area contributed by atoms with Gasteiger partial charge in [0.25, 0.3) is 0 Å². The highest BCUT2D eigenvalue weighted by atomic mass is 16.4. The van der Waals surface area contributed by atoms with E-state index in [1.807, 2.05) is 13.0 Å². The van der Waals surface area contributed by atoms with Crippen LogP contribution in [0.1, 0.15) is 15.9 Å². The number of carbonyl (C=O) groups is 1. The lowest BCUT2D eigenvalue weighted by Gasteiger charge is -2.06. The average Bonchev–Trinajstić information content (AvgIpc) is 2.28. The number of aryl methyl sites for hydroxylation is 1. The predicted octanol–water partition coefficient (Wildman–Crippen LogP) is 2.46. The minimum absolute atomic E-state index is 0.0581. The van der Waals surface area contributed by atoms with Crippen LogP contribution in [0.5, 0.6) is 5.75 Å². The number of carboxylic acid groups (broad SMARTS) is 1. The van der Waals surface area contributed by atoms with Crippen molar-refractivity contribution >= 4 is 5.97 Å². The van der Waals surface area contributed by atoms with Crippen LogP contribution in [0.15, 0.2) is 36.7 Å². The van der Waals surface area contributed by atoms with E-state index in [0.29, 0.717) is 5.56 Å². The molecule has 2 rings (SSSR count). The molecule has 86 valence electrons. The molecule has 2 aromatic rings.